The number of benzene rings is 2. The number of carbonyl (C=O) groups excluding carboxylic acids is 2. The van der Waals surface area contributed by atoms with Gasteiger partial charge >= 0.3 is 0 Å². The van der Waals surface area contributed by atoms with E-state index < -0.39 is 28.0 Å². The fraction of sp³-hybridized carbons (Fsp3) is 0.360. The van der Waals surface area contributed by atoms with Gasteiger partial charge in [-0.2, -0.15) is 4.31 Å². The molecule has 1 heterocycles. The molecular weight excluding hydrogens is 486 g/mol. The zero-order valence-electron chi connectivity index (χ0n) is 20.3. The van der Waals surface area contributed by atoms with Gasteiger partial charge in [0, 0.05) is 24.7 Å². The molecule has 2 unspecified atom stereocenters. The van der Waals surface area contributed by atoms with Gasteiger partial charge in [0.25, 0.3) is 5.91 Å². The summed E-state index contributed by atoms with van der Waals surface area (Å²) in [5.41, 5.74) is 1.28. The lowest BCUT2D eigenvalue weighted by Crippen LogP contribution is -2.39. The Bertz CT molecular complexity index is 1200. The average molecular weight is 518 g/mol. The summed E-state index contributed by atoms with van der Waals surface area (Å²) >= 11 is 0. The van der Waals surface area contributed by atoms with Gasteiger partial charge in [-0.3, -0.25) is 9.59 Å². The predicted octanol–water partition coefficient (Wildman–Crippen LogP) is 1.10. The second-order valence-electron chi connectivity index (χ2n) is 8.28. The van der Waals surface area contributed by atoms with Crippen LogP contribution in [0.15, 0.2) is 60.0 Å². The molecule has 1 aliphatic heterocycles. The first kappa shape index (κ1) is 27.2. The van der Waals surface area contributed by atoms with Crippen molar-refractivity contribution < 1.29 is 32.6 Å². The summed E-state index contributed by atoms with van der Waals surface area (Å²) in [6, 6.07) is 10.0. The highest BCUT2D eigenvalue weighted by Gasteiger charge is 2.40. The first-order valence-electron chi connectivity index (χ1n) is 11.4. The van der Waals surface area contributed by atoms with Crippen LogP contribution in [-0.4, -0.2) is 75.6 Å². The predicted molar refractivity (Wildman–Crippen MR) is 134 cm³/mol. The Morgan fingerprint density at radius 2 is 1.83 bits per heavy atom. The highest BCUT2D eigenvalue weighted by atomic mass is 32.2. The molecule has 0 saturated carbocycles. The molecule has 2 atom stereocenters. The Kier molecular flexibility index (Phi) is 9.08. The molecule has 2 aromatic carbocycles. The van der Waals surface area contributed by atoms with Gasteiger partial charge in [0.05, 0.1) is 31.8 Å². The van der Waals surface area contributed by atoms with Gasteiger partial charge in [0.2, 0.25) is 15.9 Å². The van der Waals surface area contributed by atoms with Gasteiger partial charge in [-0.15, -0.1) is 0 Å². The summed E-state index contributed by atoms with van der Waals surface area (Å²) in [6.45, 7) is 3.42. The Morgan fingerprint density at radius 3 is 2.44 bits per heavy atom. The lowest BCUT2D eigenvalue weighted by molar-refractivity contribution is -0.117. The molecule has 0 bridgehead atoms. The lowest BCUT2D eigenvalue weighted by atomic mass is 10.1. The molecule has 2 aromatic rings. The molecule has 2 amide bonds. The molecule has 1 fully saturated rings. The smallest absolute Gasteiger partial charge is 0.251 e. The number of rotatable bonds is 11. The third kappa shape index (κ3) is 6.23. The van der Waals surface area contributed by atoms with E-state index in [2.05, 4.69) is 17.2 Å². The molecule has 10 nitrogen and oxygen atoms in total. The van der Waals surface area contributed by atoms with Crippen LogP contribution in [0.25, 0.3) is 0 Å². The monoisotopic (exact) mass is 517 g/mol. The van der Waals surface area contributed by atoms with Crippen molar-refractivity contribution in [3.8, 4) is 11.5 Å². The maximum absolute atomic E-state index is 13.2. The van der Waals surface area contributed by atoms with Crippen molar-refractivity contribution in [2.75, 3.05) is 33.9 Å². The van der Waals surface area contributed by atoms with Crippen molar-refractivity contribution in [2.45, 2.75) is 29.8 Å². The minimum atomic E-state index is -3.94. The topological polar surface area (TPSA) is 134 Å². The summed E-state index contributed by atoms with van der Waals surface area (Å²) in [7, 11) is -0.825. The number of aliphatic hydroxyl groups excluding tert-OH is 1. The molecule has 0 aliphatic carbocycles. The van der Waals surface area contributed by atoms with E-state index in [1.54, 1.807) is 20.3 Å². The number of hydrogen-bond donors (Lipinski definition) is 3. The van der Waals surface area contributed by atoms with Crippen LogP contribution in [0.3, 0.4) is 0 Å². The van der Waals surface area contributed by atoms with E-state index in [4.69, 9.17) is 9.47 Å². The first-order valence-corrected chi connectivity index (χ1v) is 12.8. The van der Waals surface area contributed by atoms with Crippen molar-refractivity contribution in [3.63, 3.8) is 0 Å². The molecule has 0 spiro atoms. The Balaban J connectivity index is 1.62. The van der Waals surface area contributed by atoms with Gasteiger partial charge in [-0.1, -0.05) is 12.6 Å². The van der Waals surface area contributed by atoms with Gasteiger partial charge in [-0.25, -0.2) is 8.42 Å². The molecule has 36 heavy (non-hydrogen) atoms. The summed E-state index contributed by atoms with van der Waals surface area (Å²) in [5.74, 6) is 0.490. The minimum absolute atomic E-state index is 0.00137. The van der Waals surface area contributed by atoms with Gasteiger partial charge in [-0.05, 0) is 60.9 Å². The van der Waals surface area contributed by atoms with Crippen LogP contribution in [-0.2, 0) is 21.2 Å². The van der Waals surface area contributed by atoms with Crippen LogP contribution in [0, 0.1) is 0 Å². The maximum Gasteiger partial charge on any atom is 0.251 e. The fourth-order valence-electron chi connectivity index (χ4n) is 4.08. The van der Waals surface area contributed by atoms with Crippen LogP contribution in [0.1, 0.15) is 22.3 Å². The quantitative estimate of drug-likeness (QED) is 0.380. The van der Waals surface area contributed by atoms with Crippen LogP contribution < -0.4 is 20.1 Å². The molecule has 194 valence electrons. The number of aliphatic hydroxyl groups is 1. The van der Waals surface area contributed by atoms with Crippen molar-refractivity contribution in [1.82, 2.24) is 14.9 Å². The average Bonchev–Trinajstić information content (AvgIpc) is 3.32. The van der Waals surface area contributed by atoms with Crippen molar-refractivity contribution in [2.24, 2.45) is 0 Å². The van der Waals surface area contributed by atoms with E-state index in [-0.39, 0.29) is 30.4 Å². The highest BCUT2D eigenvalue weighted by molar-refractivity contribution is 7.89. The minimum Gasteiger partial charge on any atom is -0.493 e. The van der Waals surface area contributed by atoms with Gasteiger partial charge in [0.1, 0.15) is 0 Å². The van der Waals surface area contributed by atoms with Gasteiger partial charge < -0.3 is 25.2 Å². The summed E-state index contributed by atoms with van der Waals surface area (Å²) in [6.07, 6.45) is 1.97. The molecular formula is C25H31N3O7S. The van der Waals surface area contributed by atoms with E-state index in [0.717, 1.165) is 11.6 Å². The van der Waals surface area contributed by atoms with Crippen LogP contribution in [0.5, 0.6) is 11.5 Å². The van der Waals surface area contributed by atoms with E-state index >= 15 is 0 Å². The molecule has 0 radical (unpaired) electrons. The van der Waals surface area contributed by atoms with Crippen molar-refractivity contribution in [1.29, 1.82) is 0 Å². The second-order valence-corrected chi connectivity index (χ2v) is 10.2. The number of nitrogens with one attached hydrogen (secondary N) is 2. The number of sulfonamides is 1. The van der Waals surface area contributed by atoms with Crippen molar-refractivity contribution in [3.05, 3.63) is 66.2 Å². The lowest BCUT2D eigenvalue weighted by Gasteiger charge is -2.22. The fourth-order valence-corrected chi connectivity index (χ4v) is 5.76. The SMILES string of the molecule is C=CC(=O)NC1CC(CO)N(S(=O)(=O)c2ccc(C(=O)NCCc3ccc(OC)c(OC)c3)cc2)C1. The molecule has 0 aromatic heterocycles. The maximum atomic E-state index is 13.2. The van der Waals surface area contributed by atoms with Crippen LogP contribution >= 0.6 is 0 Å². The summed E-state index contributed by atoms with van der Waals surface area (Å²) in [4.78, 5) is 24.1. The second kappa shape index (κ2) is 12.0. The number of carbonyl (C=O) groups is 2. The van der Waals surface area contributed by atoms with E-state index in [0.29, 0.717) is 30.0 Å². The number of amides is 2. The zero-order valence-corrected chi connectivity index (χ0v) is 21.1. The molecule has 1 aliphatic rings. The Morgan fingerprint density at radius 1 is 1.14 bits per heavy atom. The molecule has 1 saturated heterocycles. The normalized spacial score (nSPS) is 17.9. The number of methoxy groups -OCH3 is 2. The highest BCUT2D eigenvalue weighted by Crippen LogP contribution is 2.28. The van der Waals surface area contributed by atoms with Crippen molar-refractivity contribution >= 4 is 21.8 Å². The first-order chi connectivity index (χ1) is 17.2. The zero-order chi connectivity index (χ0) is 26.3. The molecule has 3 N–H and O–H groups in total. The van der Waals surface area contributed by atoms with Crippen LogP contribution in [0.2, 0.25) is 0 Å². The largest absolute Gasteiger partial charge is 0.493 e. The number of ether oxygens (including phenoxy) is 2. The van der Waals surface area contributed by atoms with Gasteiger partial charge in [0.15, 0.2) is 11.5 Å². The third-order valence-corrected chi connectivity index (χ3v) is 7.91. The van der Waals surface area contributed by atoms with Crippen LogP contribution in [0.4, 0.5) is 0 Å². The number of nitrogens with zero attached hydrogens (tertiary/aromatic N) is 1. The molecule has 11 heteroatoms. The molecule has 3 rings (SSSR count). The van der Waals surface area contributed by atoms with E-state index in [1.165, 1.54) is 28.6 Å². The van der Waals surface area contributed by atoms with E-state index in [9.17, 15) is 23.1 Å². The number of hydrogen-bond acceptors (Lipinski definition) is 7. The third-order valence-electron chi connectivity index (χ3n) is 5.98. The summed E-state index contributed by atoms with van der Waals surface area (Å²) in [5, 5.41) is 15.2. The Labute approximate surface area is 211 Å². The van der Waals surface area contributed by atoms with E-state index in [1.807, 2.05) is 12.1 Å². The Hall–Kier alpha value is -3.41. The summed E-state index contributed by atoms with van der Waals surface area (Å²) < 4.78 is 38.0. The standard InChI is InChI=1S/C25H31N3O7S/c1-4-24(30)27-19-14-20(16-29)28(15-19)36(32,33)21-8-6-18(7-9-21)25(31)26-12-11-17-5-10-22(34-2)23(13-17)35-3/h4-10,13,19-20,29H,1,11-12,14-16H2,2-3H3,(H,26,31)(H,27,30).